The zero-order chi connectivity index (χ0) is 12.9. The van der Waals surface area contributed by atoms with E-state index in [2.05, 4.69) is 12.2 Å². The fraction of sp³-hybridized carbons (Fsp3) is 0.929. The van der Waals surface area contributed by atoms with E-state index in [0.29, 0.717) is 17.8 Å². The van der Waals surface area contributed by atoms with E-state index in [9.17, 15) is 4.79 Å². The number of carbonyl (C=O) groups is 1. The Balaban J connectivity index is 2.54. The first-order valence-electron chi connectivity index (χ1n) is 6.88. The second kappa shape index (κ2) is 6.63. The Hall–Kier alpha value is -0.240. The van der Waals surface area contributed by atoms with Crippen molar-refractivity contribution < 1.29 is 4.79 Å². The summed E-state index contributed by atoms with van der Waals surface area (Å²) in [4.78, 5) is 12.1. The van der Waals surface area contributed by atoms with E-state index in [-0.39, 0.29) is 5.91 Å². The average molecular weight is 260 g/mol. The van der Waals surface area contributed by atoms with Crippen molar-refractivity contribution in [2.24, 2.45) is 11.3 Å². The molecule has 0 aromatic carbocycles. The van der Waals surface area contributed by atoms with E-state index in [1.54, 1.807) is 0 Å². The summed E-state index contributed by atoms with van der Waals surface area (Å²) in [6.07, 6.45) is 7.54. The highest BCUT2D eigenvalue weighted by atomic mass is 35.5. The zero-order valence-electron chi connectivity index (χ0n) is 11.4. The molecule has 1 aliphatic carbocycles. The minimum Gasteiger partial charge on any atom is -0.353 e. The van der Waals surface area contributed by atoms with Crippen LogP contribution in [-0.2, 0) is 4.79 Å². The van der Waals surface area contributed by atoms with Gasteiger partial charge in [0.1, 0.15) is 0 Å². The van der Waals surface area contributed by atoms with Crippen LogP contribution in [0.15, 0.2) is 0 Å². The molecule has 100 valence electrons. The molecule has 1 amide bonds. The van der Waals surface area contributed by atoms with Gasteiger partial charge < -0.3 is 5.32 Å². The molecule has 1 atom stereocenters. The summed E-state index contributed by atoms with van der Waals surface area (Å²) in [6, 6.07) is 0.338. The number of carbonyl (C=O) groups excluding carboxylic acids is 1. The normalized spacial score (nSPS) is 20.0. The molecule has 3 heteroatoms. The third-order valence-corrected chi connectivity index (χ3v) is 4.59. The van der Waals surface area contributed by atoms with Gasteiger partial charge in [0.05, 0.1) is 5.41 Å². The first-order chi connectivity index (χ1) is 8.01. The Morgan fingerprint density at radius 3 is 2.41 bits per heavy atom. The number of rotatable bonds is 5. The number of hydrogen-bond acceptors (Lipinski definition) is 1. The van der Waals surface area contributed by atoms with Gasteiger partial charge in [0.15, 0.2) is 0 Å². The molecule has 1 aliphatic rings. The van der Waals surface area contributed by atoms with Crippen molar-refractivity contribution >= 4 is 17.5 Å². The third-order valence-electron chi connectivity index (χ3n) is 3.92. The van der Waals surface area contributed by atoms with Gasteiger partial charge in [-0.15, -0.1) is 11.6 Å². The number of hydrogen-bond donors (Lipinski definition) is 1. The van der Waals surface area contributed by atoms with E-state index in [4.69, 9.17) is 11.6 Å². The van der Waals surface area contributed by atoms with Gasteiger partial charge in [0.2, 0.25) is 5.91 Å². The summed E-state index contributed by atoms with van der Waals surface area (Å²) >= 11 is 5.84. The lowest BCUT2D eigenvalue weighted by molar-refractivity contribution is -0.129. The second-order valence-corrected chi connectivity index (χ2v) is 6.17. The first-order valence-corrected chi connectivity index (χ1v) is 7.41. The predicted molar refractivity (Wildman–Crippen MR) is 73.3 cm³/mol. The van der Waals surface area contributed by atoms with E-state index in [1.807, 2.05) is 13.8 Å². The van der Waals surface area contributed by atoms with E-state index < -0.39 is 5.41 Å². The summed E-state index contributed by atoms with van der Waals surface area (Å²) in [5, 5.41) is 3.20. The van der Waals surface area contributed by atoms with Crippen molar-refractivity contribution in [3.05, 3.63) is 0 Å². The molecule has 0 aromatic rings. The maximum Gasteiger partial charge on any atom is 0.227 e. The van der Waals surface area contributed by atoms with Gasteiger partial charge in [0.25, 0.3) is 0 Å². The molecule has 1 fully saturated rings. The Bertz CT molecular complexity index is 247. The molecule has 1 rings (SSSR count). The molecule has 17 heavy (non-hydrogen) atoms. The maximum atomic E-state index is 12.1. The highest BCUT2D eigenvalue weighted by Crippen LogP contribution is 2.28. The summed E-state index contributed by atoms with van der Waals surface area (Å²) in [5.41, 5.74) is -0.455. The summed E-state index contributed by atoms with van der Waals surface area (Å²) in [6.45, 7) is 5.97. The maximum absolute atomic E-state index is 12.1. The Morgan fingerprint density at radius 2 is 1.94 bits per heavy atom. The molecule has 0 aromatic heterocycles. The highest BCUT2D eigenvalue weighted by molar-refractivity contribution is 6.19. The van der Waals surface area contributed by atoms with Gasteiger partial charge in [-0.3, -0.25) is 4.79 Å². The monoisotopic (exact) mass is 259 g/mol. The molecule has 0 radical (unpaired) electrons. The Kier molecular flexibility index (Phi) is 5.78. The van der Waals surface area contributed by atoms with E-state index in [1.165, 1.54) is 32.1 Å². The van der Waals surface area contributed by atoms with Crippen LogP contribution in [0.4, 0.5) is 0 Å². The van der Waals surface area contributed by atoms with Crippen LogP contribution < -0.4 is 5.32 Å². The van der Waals surface area contributed by atoms with E-state index in [0.717, 1.165) is 6.42 Å². The Morgan fingerprint density at radius 1 is 1.35 bits per heavy atom. The third kappa shape index (κ3) is 4.17. The van der Waals surface area contributed by atoms with Crippen LogP contribution in [-0.4, -0.2) is 17.8 Å². The van der Waals surface area contributed by atoms with Gasteiger partial charge in [0, 0.05) is 11.9 Å². The molecule has 0 heterocycles. The van der Waals surface area contributed by atoms with E-state index >= 15 is 0 Å². The molecule has 0 aliphatic heterocycles. The average Bonchev–Trinajstić information content (AvgIpc) is 2.36. The van der Waals surface area contributed by atoms with Crippen molar-refractivity contribution in [3.63, 3.8) is 0 Å². The quantitative estimate of drug-likeness (QED) is 0.749. The fourth-order valence-corrected chi connectivity index (χ4v) is 2.64. The number of nitrogens with one attached hydrogen (secondary N) is 1. The van der Waals surface area contributed by atoms with Crippen molar-refractivity contribution in [2.45, 2.75) is 65.3 Å². The van der Waals surface area contributed by atoms with Gasteiger partial charge in [-0.25, -0.2) is 0 Å². The fourth-order valence-electron chi connectivity index (χ4n) is 2.51. The van der Waals surface area contributed by atoms with Crippen molar-refractivity contribution in [2.75, 3.05) is 5.88 Å². The van der Waals surface area contributed by atoms with Gasteiger partial charge in [-0.2, -0.15) is 0 Å². The van der Waals surface area contributed by atoms with Crippen LogP contribution in [0.5, 0.6) is 0 Å². The second-order valence-electron chi connectivity index (χ2n) is 5.90. The predicted octanol–water partition coefficient (Wildman–Crippen LogP) is 3.73. The number of alkyl halides is 1. The summed E-state index contributed by atoms with van der Waals surface area (Å²) in [5.74, 6) is 1.15. The van der Waals surface area contributed by atoms with Crippen molar-refractivity contribution in [1.29, 1.82) is 0 Å². The number of halogens is 1. The smallest absolute Gasteiger partial charge is 0.227 e. The van der Waals surface area contributed by atoms with Gasteiger partial charge >= 0.3 is 0 Å². The largest absolute Gasteiger partial charge is 0.353 e. The van der Waals surface area contributed by atoms with Crippen LogP contribution in [0, 0.1) is 11.3 Å². The highest BCUT2D eigenvalue weighted by Gasteiger charge is 2.30. The molecule has 0 saturated heterocycles. The van der Waals surface area contributed by atoms with Crippen LogP contribution >= 0.6 is 11.6 Å². The molecule has 1 unspecified atom stereocenters. The van der Waals surface area contributed by atoms with Crippen molar-refractivity contribution in [1.82, 2.24) is 5.32 Å². The molecule has 2 nitrogen and oxygen atoms in total. The lowest BCUT2D eigenvalue weighted by atomic mass is 9.82. The number of amides is 1. The SMILES string of the molecule is CCC(NC(=O)C(C)(C)CCl)C1CCCCC1. The van der Waals surface area contributed by atoms with Crippen LogP contribution in [0.2, 0.25) is 0 Å². The minimum absolute atomic E-state index is 0.102. The molecular weight excluding hydrogens is 234 g/mol. The molecular formula is C14H26ClNO. The minimum atomic E-state index is -0.455. The first kappa shape index (κ1) is 14.8. The lowest BCUT2D eigenvalue weighted by Gasteiger charge is -2.32. The Labute approximate surface area is 110 Å². The molecule has 0 bridgehead atoms. The van der Waals surface area contributed by atoms with Crippen molar-refractivity contribution in [3.8, 4) is 0 Å². The van der Waals surface area contributed by atoms with Gasteiger partial charge in [-0.05, 0) is 39.0 Å². The van der Waals surface area contributed by atoms with Crippen LogP contribution in [0.1, 0.15) is 59.3 Å². The van der Waals surface area contributed by atoms with Gasteiger partial charge in [-0.1, -0.05) is 26.2 Å². The van der Waals surface area contributed by atoms with Crippen LogP contribution in [0.3, 0.4) is 0 Å². The van der Waals surface area contributed by atoms with Crippen LogP contribution in [0.25, 0.3) is 0 Å². The zero-order valence-corrected chi connectivity index (χ0v) is 12.1. The summed E-state index contributed by atoms with van der Waals surface area (Å²) < 4.78 is 0. The topological polar surface area (TPSA) is 29.1 Å². The standard InChI is InChI=1S/C14H26ClNO/c1-4-12(11-8-6-5-7-9-11)16-13(17)14(2,3)10-15/h11-12H,4-10H2,1-3H3,(H,16,17). The molecule has 1 N–H and O–H groups in total. The summed E-state index contributed by atoms with van der Waals surface area (Å²) in [7, 11) is 0. The lowest BCUT2D eigenvalue weighted by Crippen LogP contribution is -2.47. The molecule has 1 saturated carbocycles. The molecule has 0 spiro atoms.